The monoisotopic (exact) mass is 296 g/mol. The van der Waals surface area contributed by atoms with Gasteiger partial charge in [-0.1, -0.05) is 12.1 Å². The second kappa shape index (κ2) is 6.13. The summed E-state index contributed by atoms with van der Waals surface area (Å²) in [6, 6.07) is 6.38. The first-order chi connectivity index (χ1) is 10.7. The number of aromatic nitrogens is 2. The Balaban J connectivity index is 1.68. The van der Waals surface area contributed by atoms with Crippen LogP contribution in [0.5, 0.6) is 0 Å². The summed E-state index contributed by atoms with van der Waals surface area (Å²) in [5.74, 6) is 0.0150. The highest BCUT2D eigenvalue weighted by atomic mass is 16.2. The van der Waals surface area contributed by atoms with Gasteiger partial charge in [-0.15, -0.1) is 0 Å². The van der Waals surface area contributed by atoms with Crippen LogP contribution in [-0.4, -0.2) is 47.0 Å². The third-order valence-electron chi connectivity index (χ3n) is 4.29. The van der Waals surface area contributed by atoms with E-state index in [1.54, 1.807) is 12.4 Å². The summed E-state index contributed by atoms with van der Waals surface area (Å²) in [4.78, 5) is 24.5. The minimum absolute atomic E-state index is 0.0150. The summed E-state index contributed by atoms with van der Waals surface area (Å²) < 4.78 is 0. The average molecular weight is 296 g/mol. The summed E-state index contributed by atoms with van der Waals surface area (Å²) in [5.41, 5.74) is 4.45. The second-order valence-corrected chi connectivity index (χ2v) is 5.63. The first-order valence-electron chi connectivity index (χ1n) is 7.52. The molecule has 0 radical (unpaired) electrons. The zero-order valence-corrected chi connectivity index (χ0v) is 13.0. The molecule has 0 bridgehead atoms. The number of carbonyl (C=O) groups is 1. The minimum Gasteiger partial charge on any atom is -0.368 e. The summed E-state index contributed by atoms with van der Waals surface area (Å²) in [7, 11) is 0. The number of amides is 1. The number of nitrogens with zero attached hydrogens (tertiary/aromatic N) is 4. The van der Waals surface area contributed by atoms with Crippen molar-refractivity contribution in [1.82, 2.24) is 14.9 Å². The van der Waals surface area contributed by atoms with Gasteiger partial charge in [0, 0.05) is 44.3 Å². The van der Waals surface area contributed by atoms with E-state index in [0.717, 1.165) is 26.2 Å². The molecule has 2 aromatic rings. The van der Waals surface area contributed by atoms with E-state index < -0.39 is 0 Å². The van der Waals surface area contributed by atoms with Crippen LogP contribution in [-0.2, 0) is 0 Å². The van der Waals surface area contributed by atoms with Crippen molar-refractivity contribution in [2.45, 2.75) is 13.8 Å². The molecule has 0 spiro atoms. The summed E-state index contributed by atoms with van der Waals surface area (Å²) in [5, 5.41) is 0. The molecular formula is C17H20N4O. The molecule has 1 aliphatic heterocycles. The van der Waals surface area contributed by atoms with E-state index in [2.05, 4.69) is 46.9 Å². The molecule has 114 valence electrons. The summed E-state index contributed by atoms with van der Waals surface area (Å²) >= 11 is 0. The van der Waals surface area contributed by atoms with Crippen LogP contribution in [0.4, 0.5) is 5.69 Å². The van der Waals surface area contributed by atoms with Gasteiger partial charge in [-0.05, 0) is 31.0 Å². The van der Waals surface area contributed by atoms with Gasteiger partial charge in [0.15, 0.2) is 0 Å². The van der Waals surface area contributed by atoms with Crippen molar-refractivity contribution in [1.29, 1.82) is 0 Å². The van der Waals surface area contributed by atoms with E-state index in [0.29, 0.717) is 5.56 Å². The van der Waals surface area contributed by atoms with Crippen LogP contribution in [0.1, 0.15) is 21.5 Å². The Bertz CT molecular complexity index is 664. The average Bonchev–Trinajstić information content (AvgIpc) is 2.58. The fourth-order valence-corrected chi connectivity index (χ4v) is 2.82. The smallest absolute Gasteiger partial charge is 0.257 e. The molecule has 0 N–H and O–H groups in total. The van der Waals surface area contributed by atoms with Crippen LogP contribution < -0.4 is 4.90 Å². The summed E-state index contributed by atoms with van der Waals surface area (Å²) in [6.07, 6.45) is 4.59. The van der Waals surface area contributed by atoms with Crippen LogP contribution in [0, 0.1) is 13.8 Å². The molecule has 1 aliphatic rings. The van der Waals surface area contributed by atoms with E-state index in [-0.39, 0.29) is 5.91 Å². The number of benzene rings is 1. The number of hydrogen-bond donors (Lipinski definition) is 0. The van der Waals surface area contributed by atoms with Crippen molar-refractivity contribution in [3.8, 4) is 0 Å². The van der Waals surface area contributed by atoms with E-state index >= 15 is 0 Å². The van der Waals surface area contributed by atoms with E-state index in [1.807, 2.05) is 4.90 Å². The quantitative estimate of drug-likeness (QED) is 0.851. The fourth-order valence-electron chi connectivity index (χ4n) is 2.82. The van der Waals surface area contributed by atoms with Gasteiger partial charge < -0.3 is 9.80 Å². The maximum Gasteiger partial charge on any atom is 0.257 e. The van der Waals surface area contributed by atoms with Crippen molar-refractivity contribution in [2.75, 3.05) is 31.1 Å². The molecule has 1 fully saturated rings. The third kappa shape index (κ3) is 2.79. The molecule has 0 atom stereocenters. The summed E-state index contributed by atoms with van der Waals surface area (Å²) in [6.45, 7) is 7.44. The topological polar surface area (TPSA) is 49.3 Å². The minimum atomic E-state index is 0.0150. The Morgan fingerprint density at radius 2 is 1.73 bits per heavy atom. The van der Waals surface area contributed by atoms with Crippen LogP contribution in [0.15, 0.2) is 36.9 Å². The lowest BCUT2D eigenvalue weighted by Crippen LogP contribution is -2.49. The molecular weight excluding hydrogens is 276 g/mol. The Morgan fingerprint density at radius 3 is 2.41 bits per heavy atom. The molecule has 1 aromatic heterocycles. The van der Waals surface area contributed by atoms with Crippen molar-refractivity contribution in [3.05, 3.63) is 53.6 Å². The van der Waals surface area contributed by atoms with Gasteiger partial charge in [0.2, 0.25) is 0 Å². The largest absolute Gasteiger partial charge is 0.368 e. The van der Waals surface area contributed by atoms with Crippen molar-refractivity contribution in [3.63, 3.8) is 0 Å². The van der Waals surface area contributed by atoms with Gasteiger partial charge in [-0.2, -0.15) is 0 Å². The van der Waals surface area contributed by atoms with E-state index in [9.17, 15) is 4.79 Å². The van der Waals surface area contributed by atoms with E-state index in [4.69, 9.17) is 0 Å². The predicted octanol–water partition coefficient (Wildman–Crippen LogP) is 2.06. The standard InChI is InChI=1S/C17H20N4O/c1-13-4-3-5-16(14(13)2)20-6-8-21(9-7-20)17(22)15-10-18-12-19-11-15/h3-5,10-12H,6-9H2,1-2H3. The van der Waals surface area contributed by atoms with Gasteiger partial charge in [-0.25, -0.2) is 9.97 Å². The zero-order valence-electron chi connectivity index (χ0n) is 13.0. The van der Waals surface area contributed by atoms with Crippen LogP contribution in [0.25, 0.3) is 0 Å². The van der Waals surface area contributed by atoms with Crippen LogP contribution in [0.3, 0.4) is 0 Å². The number of hydrogen-bond acceptors (Lipinski definition) is 4. The molecule has 1 amide bonds. The van der Waals surface area contributed by atoms with Gasteiger partial charge in [0.05, 0.1) is 5.56 Å². The van der Waals surface area contributed by atoms with E-state index in [1.165, 1.54) is 23.1 Å². The number of piperazine rings is 1. The van der Waals surface area contributed by atoms with Gasteiger partial charge in [0.1, 0.15) is 6.33 Å². The number of rotatable bonds is 2. The lowest BCUT2D eigenvalue weighted by atomic mass is 10.1. The third-order valence-corrected chi connectivity index (χ3v) is 4.29. The first-order valence-corrected chi connectivity index (χ1v) is 7.52. The molecule has 5 heteroatoms. The zero-order chi connectivity index (χ0) is 15.5. The Hall–Kier alpha value is -2.43. The second-order valence-electron chi connectivity index (χ2n) is 5.63. The number of anilines is 1. The maximum atomic E-state index is 12.4. The van der Waals surface area contributed by atoms with Crippen molar-refractivity contribution >= 4 is 11.6 Å². The van der Waals surface area contributed by atoms with Crippen molar-refractivity contribution in [2.24, 2.45) is 0 Å². The number of aryl methyl sites for hydroxylation is 1. The Morgan fingerprint density at radius 1 is 1.05 bits per heavy atom. The fraction of sp³-hybridized carbons (Fsp3) is 0.353. The lowest BCUT2D eigenvalue weighted by molar-refractivity contribution is 0.0746. The molecule has 5 nitrogen and oxygen atoms in total. The normalized spacial score (nSPS) is 15.0. The number of carbonyl (C=O) groups excluding carboxylic acids is 1. The Labute approximate surface area is 130 Å². The molecule has 0 saturated carbocycles. The van der Waals surface area contributed by atoms with Gasteiger partial charge in [-0.3, -0.25) is 4.79 Å². The highest BCUT2D eigenvalue weighted by Gasteiger charge is 2.23. The van der Waals surface area contributed by atoms with Gasteiger partial charge >= 0.3 is 0 Å². The van der Waals surface area contributed by atoms with Crippen LogP contribution in [0.2, 0.25) is 0 Å². The highest BCUT2D eigenvalue weighted by molar-refractivity contribution is 5.93. The SMILES string of the molecule is Cc1cccc(N2CCN(C(=O)c3cncnc3)CC2)c1C. The first kappa shape index (κ1) is 14.5. The van der Waals surface area contributed by atoms with Gasteiger partial charge in [0.25, 0.3) is 5.91 Å². The molecule has 22 heavy (non-hydrogen) atoms. The molecule has 3 rings (SSSR count). The van der Waals surface area contributed by atoms with Crippen molar-refractivity contribution < 1.29 is 4.79 Å². The molecule has 0 aliphatic carbocycles. The Kier molecular flexibility index (Phi) is 4.04. The van der Waals surface area contributed by atoms with Crippen LogP contribution >= 0.6 is 0 Å². The molecule has 2 heterocycles. The highest BCUT2D eigenvalue weighted by Crippen LogP contribution is 2.24. The molecule has 1 saturated heterocycles. The molecule has 0 unspecified atom stereocenters. The molecule has 1 aromatic carbocycles. The maximum absolute atomic E-state index is 12.4. The predicted molar refractivity (Wildman–Crippen MR) is 86.1 cm³/mol. The lowest BCUT2D eigenvalue weighted by Gasteiger charge is -2.37.